The summed E-state index contributed by atoms with van der Waals surface area (Å²) < 4.78 is 10.6. The van der Waals surface area contributed by atoms with Gasteiger partial charge in [-0.15, -0.1) is 0 Å². The maximum Gasteiger partial charge on any atom is 0.339 e. The van der Waals surface area contributed by atoms with Crippen LogP contribution in [0, 0.1) is 0 Å². The average Bonchev–Trinajstić information content (AvgIpc) is 2.74. The standard InChI is InChI=1S/C22H18N2O4/c1-27-20-10-8-17(13-23-20)24-21(25)15-7-9-18-16(11-15)12-19(28-22(18)26)14-5-3-2-4-6-14/h2-11,13,19H,12H2,1H3,(H,24,25)/t19-/m1/s1. The fourth-order valence-electron chi connectivity index (χ4n) is 3.17. The molecule has 2 aromatic carbocycles. The number of cyclic esters (lactones) is 1. The van der Waals surface area contributed by atoms with Gasteiger partial charge in [-0.05, 0) is 35.4 Å². The second-order valence-electron chi connectivity index (χ2n) is 6.42. The molecule has 4 rings (SSSR count). The minimum atomic E-state index is -0.374. The fraction of sp³-hybridized carbons (Fsp3) is 0.136. The van der Waals surface area contributed by atoms with Crippen LogP contribution in [0.4, 0.5) is 5.69 Å². The number of ether oxygens (including phenoxy) is 2. The van der Waals surface area contributed by atoms with Crippen LogP contribution in [0.15, 0.2) is 66.9 Å². The van der Waals surface area contributed by atoms with Crippen molar-refractivity contribution in [3.63, 3.8) is 0 Å². The van der Waals surface area contributed by atoms with Gasteiger partial charge in [0.05, 0.1) is 24.6 Å². The molecule has 0 saturated heterocycles. The zero-order chi connectivity index (χ0) is 19.5. The predicted molar refractivity (Wildman–Crippen MR) is 103 cm³/mol. The van der Waals surface area contributed by atoms with Gasteiger partial charge in [-0.3, -0.25) is 4.79 Å². The second-order valence-corrected chi connectivity index (χ2v) is 6.42. The Morgan fingerprint density at radius 3 is 2.68 bits per heavy atom. The maximum atomic E-state index is 12.6. The number of rotatable bonds is 4. The van der Waals surface area contributed by atoms with E-state index in [2.05, 4.69) is 10.3 Å². The first-order chi connectivity index (χ1) is 13.6. The lowest BCUT2D eigenvalue weighted by atomic mass is 9.93. The molecule has 0 fully saturated rings. The van der Waals surface area contributed by atoms with E-state index < -0.39 is 0 Å². The number of amides is 1. The molecule has 1 amide bonds. The van der Waals surface area contributed by atoms with Crippen LogP contribution in [-0.2, 0) is 11.2 Å². The van der Waals surface area contributed by atoms with Gasteiger partial charge >= 0.3 is 5.97 Å². The van der Waals surface area contributed by atoms with E-state index in [0.29, 0.717) is 29.1 Å². The molecule has 1 N–H and O–H groups in total. The van der Waals surface area contributed by atoms with Crippen molar-refractivity contribution in [2.45, 2.75) is 12.5 Å². The first-order valence-electron chi connectivity index (χ1n) is 8.84. The first-order valence-corrected chi connectivity index (χ1v) is 8.84. The number of aromatic nitrogens is 1. The van der Waals surface area contributed by atoms with Gasteiger partial charge in [0, 0.05) is 18.1 Å². The molecular weight excluding hydrogens is 356 g/mol. The van der Waals surface area contributed by atoms with Crippen molar-refractivity contribution in [1.29, 1.82) is 0 Å². The highest BCUT2D eigenvalue weighted by atomic mass is 16.5. The van der Waals surface area contributed by atoms with Gasteiger partial charge in [-0.25, -0.2) is 9.78 Å². The van der Waals surface area contributed by atoms with Crippen LogP contribution in [0.1, 0.15) is 37.9 Å². The lowest BCUT2D eigenvalue weighted by Crippen LogP contribution is -2.23. The van der Waals surface area contributed by atoms with Crippen molar-refractivity contribution in [2.24, 2.45) is 0 Å². The molecule has 0 bridgehead atoms. The number of carbonyl (C=O) groups is 2. The molecule has 6 heteroatoms. The number of nitrogens with zero attached hydrogens (tertiary/aromatic N) is 1. The largest absolute Gasteiger partial charge is 0.481 e. The van der Waals surface area contributed by atoms with E-state index in [1.807, 2.05) is 30.3 Å². The molecule has 2 heterocycles. The Bertz CT molecular complexity index is 1020. The Kier molecular flexibility index (Phi) is 4.76. The van der Waals surface area contributed by atoms with Crippen LogP contribution < -0.4 is 10.1 Å². The molecule has 0 spiro atoms. The fourth-order valence-corrected chi connectivity index (χ4v) is 3.17. The zero-order valence-corrected chi connectivity index (χ0v) is 15.2. The van der Waals surface area contributed by atoms with Crippen LogP contribution in [-0.4, -0.2) is 24.0 Å². The van der Waals surface area contributed by atoms with Gasteiger partial charge in [-0.1, -0.05) is 30.3 Å². The number of hydrogen-bond acceptors (Lipinski definition) is 5. The lowest BCUT2D eigenvalue weighted by Gasteiger charge is -2.25. The highest BCUT2D eigenvalue weighted by Crippen LogP contribution is 2.31. The van der Waals surface area contributed by atoms with Gasteiger partial charge in [0.1, 0.15) is 6.10 Å². The number of fused-ring (bicyclic) bond motifs is 1. The topological polar surface area (TPSA) is 77.5 Å². The number of hydrogen-bond donors (Lipinski definition) is 1. The number of anilines is 1. The Hall–Kier alpha value is -3.67. The van der Waals surface area contributed by atoms with Gasteiger partial charge in [-0.2, -0.15) is 0 Å². The molecule has 1 aliphatic heterocycles. The molecule has 28 heavy (non-hydrogen) atoms. The maximum absolute atomic E-state index is 12.6. The van der Waals surface area contributed by atoms with Crippen LogP contribution in [0.5, 0.6) is 5.88 Å². The normalized spacial score (nSPS) is 15.3. The summed E-state index contributed by atoms with van der Waals surface area (Å²) in [5.41, 5.74) is 3.25. The summed E-state index contributed by atoms with van der Waals surface area (Å²) in [6.07, 6.45) is 1.69. The van der Waals surface area contributed by atoms with E-state index >= 15 is 0 Å². The minimum Gasteiger partial charge on any atom is -0.481 e. The van der Waals surface area contributed by atoms with Crippen molar-refractivity contribution in [2.75, 3.05) is 12.4 Å². The monoisotopic (exact) mass is 374 g/mol. The summed E-state index contributed by atoms with van der Waals surface area (Å²) in [6, 6.07) is 18.0. The SMILES string of the molecule is COc1ccc(NC(=O)c2ccc3c(c2)C[C@H](c2ccccc2)OC3=O)cn1. The van der Waals surface area contributed by atoms with E-state index in [0.717, 1.165) is 11.1 Å². The predicted octanol–water partition coefficient (Wildman–Crippen LogP) is 3.80. The van der Waals surface area contributed by atoms with Crippen LogP contribution in [0.25, 0.3) is 0 Å². The zero-order valence-electron chi connectivity index (χ0n) is 15.2. The molecule has 140 valence electrons. The van der Waals surface area contributed by atoms with Crippen LogP contribution >= 0.6 is 0 Å². The quantitative estimate of drug-likeness (QED) is 0.703. The van der Waals surface area contributed by atoms with Crippen LogP contribution in [0.3, 0.4) is 0 Å². The lowest BCUT2D eigenvalue weighted by molar-refractivity contribution is 0.0252. The molecule has 1 aliphatic rings. The van der Waals surface area contributed by atoms with Crippen molar-refractivity contribution < 1.29 is 19.1 Å². The molecule has 1 atom stereocenters. The van der Waals surface area contributed by atoms with E-state index in [9.17, 15) is 9.59 Å². The Morgan fingerprint density at radius 1 is 1.14 bits per heavy atom. The number of carbonyl (C=O) groups excluding carboxylic acids is 2. The van der Waals surface area contributed by atoms with E-state index in [4.69, 9.17) is 9.47 Å². The summed E-state index contributed by atoms with van der Waals surface area (Å²) in [7, 11) is 1.53. The smallest absolute Gasteiger partial charge is 0.339 e. The van der Waals surface area contributed by atoms with E-state index in [1.54, 1.807) is 30.3 Å². The molecule has 6 nitrogen and oxygen atoms in total. The third-order valence-corrected chi connectivity index (χ3v) is 4.62. The highest BCUT2D eigenvalue weighted by molar-refractivity contribution is 6.05. The van der Waals surface area contributed by atoms with Gasteiger partial charge in [0.25, 0.3) is 5.91 Å². The number of pyridine rings is 1. The summed E-state index contributed by atoms with van der Waals surface area (Å²) >= 11 is 0. The Balaban J connectivity index is 1.55. The van der Waals surface area contributed by atoms with Gasteiger partial charge in [0.15, 0.2) is 0 Å². The third kappa shape index (κ3) is 3.57. The minimum absolute atomic E-state index is 0.273. The van der Waals surface area contributed by atoms with Crippen molar-refractivity contribution in [3.05, 3.63) is 89.1 Å². The third-order valence-electron chi connectivity index (χ3n) is 4.62. The molecule has 0 saturated carbocycles. The van der Waals surface area contributed by atoms with Gasteiger partial charge < -0.3 is 14.8 Å². The van der Waals surface area contributed by atoms with E-state index in [-0.39, 0.29) is 18.0 Å². The van der Waals surface area contributed by atoms with Crippen molar-refractivity contribution in [3.8, 4) is 5.88 Å². The first kappa shape index (κ1) is 17.7. The average molecular weight is 374 g/mol. The summed E-state index contributed by atoms with van der Waals surface area (Å²) in [5.74, 6) is -0.177. The highest BCUT2D eigenvalue weighted by Gasteiger charge is 2.28. The van der Waals surface area contributed by atoms with Crippen molar-refractivity contribution >= 4 is 17.6 Å². The summed E-state index contributed by atoms with van der Waals surface area (Å²) in [4.78, 5) is 29.0. The molecule has 1 aromatic heterocycles. The molecule has 0 unspecified atom stereocenters. The van der Waals surface area contributed by atoms with Crippen LogP contribution in [0.2, 0.25) is 0 Å². The number of esters is 1. The number of methoxy groups -OCH3 is 1. The van der Waals surface area contributed by atoms with Crippen molar-refractivity contribution in [1.82, 2.24) is 4.98 Å². The Labute approximate surface area is 162 Å². The molecule has 0 radical (unpaired) electrons. The second kappa shape index (κ2) is 7.52. The number of benzene rings is 2. The van der Waals surface area contributed by atoms with E-state index in [1.165, 1.54) is 13.3 Å². The summed E-state index contributed by atoms with van der Waals surface area (Å²) in [5, 5.41) is 2.80. The van der Waals surface area contributed by atoms with Gasteiger partial charge in [0.2, 0.25) is 5.88 Å². The summed E-state index contributed by atoms with van der Waals surface area (Å²) in [6.45, 7) is 0. The number of nitrogens with one attached hydrogen (secondary N) is 1. The Morgan fingerprint density at radius 2 is 1.96 bits per heavy atom. The molecule has 0 aliphatic carbocycles. The molecule has 3 aromatic rings. The molecular formula is C22H18N2O4.